The summed E-state index contributed by atoms with van der Waals surface area (Å²) in [6, 6.07) is 9.39. The summed E-state index contributed by atoms with van der Waals surface area (Å²) < 4.78 is 60.0. The van der Waals surface area contributed by atoms with Crippen molar-refractivity contribution in [3.63, 3.8) is 0 Å². The second-order valence-electron chi connectivity index (χ2n) is 8.05. The van der Waals surface area contributed by atoms with Crippen molar-refractivity contribution in [2.45, 2.75) is 24.9 Å². The van der Waals surface area contributed by atoms with Crippen LogP contribution in [0.5, 0.6) is 0 Å². The number of imidazole rings is 1. The number of alkyl halides is 3. The Labute approximate surface area is 185 Å². The molecule has 5 nitrogen and oxygen atoms in total. The fraction of sp³-hybridized carbons (Fsp3) is 0.250. The van der Waals surface area contributed by atoms with Crippen LogP contribution >= 0.6 is 0 Å². The molecular formula is C24H19F4N3O2. The van der Waals surface area contributed by atoms with Crippen molar-refractivity contribution in [1.29, 1.82) is 0 Å². The van der Waals surface area contributed by atoms with Crippen LogP contribution in [0.4, 0.5) is 17.6 Å². The third-order valence-electron chi connectivity index (χ3n) is 5.93. The summed E-state index contributed by atoms with van der Waals surface area (Å²) in [6.45, 7) is 1.27. The molecule has 2 aromatic heterocycles. The Balaban J connectivity index is 1.47. The third kappa shape index (κ3) is 4.04. The number of nitrogens with one attached hydrogen (secondary N) is 2. The first kappa shape index (κ1) is 21.4. The Morgan fingerprint density at radius 3 is 2.61 bits per heavy atom. The minimum atomic E-state index is -4.65. The molecule has 0 amide bonds. The molecule has 1 saturated heterocycles. The van der Waals surface area contributed by atoms with E-state index in [1.807, 2.05) is 6.07 Å². The lowest BCUT2D eigenvalue weighted by atomic mass is 9.91. The molecule has 5 rings (SSSR count). The minimum Gasteiger partial charge on any atom is -0.381 e. The zero-order valence-corrected chi connectivity index (χ0v) is 17.3. The number of halogens is 4. The van der Waals surface area contributed by atoms with Gasteiger partial charge in [-0.05, 0) is 48.6 Å². The van der Waals surface area contributed by atoms with E-state index < -0.39 is 28.9 Å². The van der Waals surface area contributed by atoms with Crippen LogP contribution in [0.25, 0.3) is 22.6 Å². The first-order valence-corrected chi connectivity index (χ1v) is 10.5. The van der Waals surface area contributed by atoms with Crippen LogP contribution in [-0.4, -0.2) is 33.9 Å². The molecule has 33 heavy (non-hydrogen) atoms. The molecule has 1 aliphatic rings. The number of aromatic amines is 2. The van der Waals surface area contributed by atoms with Gasteiger partial charge in [0, 0.05) is 30.5 Å². The second-order valence-corrected chi connectivity index (χ2v) is 8.05. The molecule has 170 valence electrons. The van der Waals surface area contributed by atoms with Crippen molar-refractivity contribution in [3.05, 3.63) is 76.7 Å². The number of hydrogen-bond donors (Lipinski definition) is 2. The van der Waals surface area contributed by atoms with Gasteiger partial charge in [0.05, 0.1) is 16.8 Å². The van der Waals surface area contributed by atoms with Crippen molar-refractivity contribution in [2.75, 3.05) is 13.2 Å². The number of fused-ring (bicyclic) bond motifs is 1. The van der Waals surface area contributed by atoms with E-state index in [2.05, 4.69) is 15.0 Å². The molecule has 2 aromatic carbocycles. The fourth-order valence-electron chi connectivity index (χ4n) is 4.24. The molecule has 0 atom stereocenters. The number of H-pyrrole nitrogens is 2. The SMILES string of the molecule is O=C(c1c[nH]c(-c2nc3c(F)cc(C4CCOCC4)cc3[nH]2)c1)c1ccccc1C(F)(F)F. The van der Waals surface area contributed by atoms with E-state index in [-0.39, 0.29) is 22.8 Å². The molecule has 1 aliphatic heterocycles. The van der Waals surface area contributed by atoms with E-state index in [0.29, 0.717) is 24.4 Å². The number of aromatic nitrogens is 3. The van der Waals surface area contributed by atoms with Crippen LogP contribution in [0.1, 0.15) is 45.8 Å². The molecule has 1 fully saturated rings. The maximum Gasteiger partial charge on any atom is 0.417 e. The number of ketones is 1. The monoisotopic (exact) mass is 457 g/mol. The van der Waals surface area contributed by atoms with Crippen LogP contribution in [-0.2, 0) is 10.9 Å². The second kappa shape index (κ2) is 8.15. The number of carbonyl (C=O) groups is 1. The lowest BCUT2D eigenvalue weighted by Gasteiger charge is -2.22. The summed E-state index contributed by atoms with van der Waals surface area (Å²) in [5.74, 6) is -0.739. The van der Waals surface area contributed by atoms with Gasteiger partial charge in [0.15, 0.2) is 17.4 Å². The van der Waals surface area contributed by atoms with Crippen molar-refractivity contribution < 1.29 is 27.1 Å². The van der Waals surface area contributed by atoms with Crippen LogP contribution in [0.15, 0.2) is 48.7 Å². The predicted molar refractivity (Wildman–Crippen MR) is 114 cm³/mol. The van der Waals surface area contributed by atoms with Crippen molar-refractivity contribution in [2.24, 2.45) is 0 Å². The molecule has 0 unspecified atom stereocenters. The average molecular weight is 457 g/mol. The first-order chi connectivity index (χ1) is 15.8. The molecule has 9 heteroatoms. The van der Waals surface area contributed by atoms with Gasteiger partial charge in [-0.15, -0.1) is 0 Å². The largest absolute Gasteiger partial charge is 0.417 e. The van der Waals surface area contributed by atoms with Crippen molar-refractivity contribution >= 4 is 16.8 Å². The van der Waals surface area contributed by atoms with Crippen LogP contribution in [0.3, 0.4) is 0 Å². The van der Waals surface area contributed by atoms with Gasteiger partial charge in [0.2, 0.25) is 0 Å². The van der Waals surface area contributed by atoms with Crippen LogP contribution in [0, 0.1) is 5.82 Å². The molecule has 0 aliphatic carbocycles. The lowest BCUT2D eigenvalue weighted by molar-refractivity contribution is -0.137. The van der Waals surface area contributed by atoms with E-state index in [1.54, 1.807) is 0 Å². The Hall–Kier alpha value is -3.46. The molecule has 0 radical (unpaired) electrons. The van der Waals surface area contributed by atoms with Crippen molar-refractivity contribution in [3.8, 4) is 11.5 Å². The van der Waals surface area contributed by atoms with Gasteiger partial charge in [-0.2, -0.15) is 13.2 Å². The maximum atomic E-state index is 14.8. The summed E-state index contributed by atoms with van der Waals surface area (Å²) in [7, 11) is 0. The molecule has 4 aromatic rings. The van der Waals surface area contributed by atoms with E-state index in [1.165, 1.54) is 30.5 Å². The molecule has 0 spiro atoms. The quantitative estimate of drug-likeness (QED) is 0.299. The summed E-state index contributed by atoms with van der Waals surface area (Å²) in [5, 5.41) is 0. The molecule has 3 heterocycles. The Morgan fingerprint density at radius 1 is 1.09 bits per heavy atom. The summed E-state index contributed by atoms with van der Waals surface area (Å²) in [4.78, 5) is 23.0. The van der Waals surface area contributed by atoms with Crippen molar-refractivity contribution in [1.82, 2.24) is 15.0 Å². The van der Waals surface area contributed by atoms with Gasteiger partial charge in [0.25, 0.3) is 0 Å². The summed E-state index contributed by atoms with van der Waals surface area (Å²) in [5.41, 5.74) is 0.514. The third-order valence-corrected chi connectivity index (χ3v) is 5.93. The summed E-state index contributed by atoms with van der Waals surface area (Å²) >= 11 is 0. The van der Waals surface area contributed by atoms with Gasteiger partial charge in [-0.3, -0.25) is 4.79 Å². The van der Waals surface area contributed by atoms with E-state index in [9.17, 15) is 22.4 Å². The van der Waals surface area contributed by atoms with E-state index in [0.717, 1.165) is 30.5 Å². The zero-order chi connectivity index (χ0) is 23.2. The average Bonchev–Trinajstić information content (AvgIpc) is 3.46. The number of nitrogens with zero attached hydrogens (tertiary/aromatic N) is 1. The van der Waals surface area contributed by atoms with Gasteiger partial charge < -0.3 is 14.7 Å². The fourth-order valence-corrected chi connectivity index (χ4v) is 4.24. The van der Waals surface area contributed by atoms with Crippen LogP contribution in [0.2, 0.25) is 0 Å². The normalized spacial score (nSPS) is 15.3. The van der Waals surface area contributed by atoms with Gasteiger partial charge in [0.1, 0.15) is 5.52 Å². The highest BCUT2D eigenvalue weighted by Crippen LogP contribution is 2.34. The Morgan fingerprint density at radius 2 is 1.85 bits per heavy atom. The topological polar surface area (TPSA) is 70.8 Å². The zero-order valence-electron chi connectivity index (χ0n) is 17.3. The number of ether oxygens (including phenoxy) is 1. The van der Waals surface area contributed by atoms with Gasteiger partial charge in [-0.25, -0.2) is 9.37 Å². The Kier molecular flexibility index (Phi) is 5.28. The molecule has 0 saturated carbocycles. The van der Waals surface area contributed by atoms with Gasteiger partial charge >= 0.3 is 6.18 Å². The number of carbonyl (C=O) groups excluding carboxylic acids is 1. The smallest absolute Gasteiger partial charge is 0.381 e. The standard InChI is InChI=1S/C24H19F4N3O2/c25-18-9-14(13-5-7-33-8-6-13)10-19-21(18)31-23(30-19)20-11-15(12-29-20)22(32)16-3-1-2-4-17(16)24(26,27)28/h1-4,9-13,29H,5-8H2,(H,30,31). The van der Waals surface area contributed by atoms with E-state index in [4.69, 9.17) is 4.74 Å². The predicted octanol–water partition coefficient (Wildman–Crippen LogP) is 5.84. The molecule has 2 N–H and O–H groups in total. The maximum absolute atomic E-state index is 14.8. The number of benzene rings is 2. The number of rotatable bonds is 4. The lowest BCUT2D eigenvalue weighted by Crippen LogP contribution is -2.14. The minimum absolute atomic E-state index is 0.0468. The highest BCUT2D eigenvalue weighted by molar-refractivity contribution is 6.10. The summed E-state index contributed by atoms with van der Waals surface area (Å²) in [6.07, 6.45) is -1.70. The number of hydrogen-bond acceptors (Lipinski definition) is 3. The molecular weight excluding hydrogens is 438 g/mol. The van der Waals surface area contributed by atoms with E-state index >= 15 is 0 Å². The highest BCUT2D eigenvalue weighted by atomic mass is 19.4. The molecule has 0 bridgehead atoms. The Bertz CT molecular complexity index is 1330. The van der Waals surface area contributed by atoms with Gasteiger partial charge in [-0.1, -0.05) is 18.2 Å². The first-order valence-electron chi connectivity index (χ1n) is 10.5. The van der Waals surface area contributed by atoms with Crippen LogP contribution < -0.4 is 0 Å². The highest BCUT2D eigenvalue weighted by Gasteiger charge is 2.35.